The van der Waals surface area contributed by atoms with E-state index in [9.17, 15) is 4.79 Å². The van der Waals surface area contributed by atoms with Gasteiger partial charge < -0.3 is 9.84 Å². The Balaban J connectivity index is 1.67. The summed E-state index contributed by atoms with van der Waals surface area (Å²) in [5, 5.41) is 9.13. The van der Waals surface area contributed by atoms with Gasteiger partial charge >= 0.3 is 5.97 Å². The first-order valence-electron chi connectivity index (χ1n) is 7.88. The minimum absolute atomic E-state index is 0.126. The highest BCUT2D eigenvalue weighted by molar-refractivity contribution is 7.99. The van der Waals surface area contributed by atoms with Gasteiger partial charge in [-0.25, -0.2) is 0 Å². The second-order valence-electron chi connectivity index (χ2n) is 6.45. The molecule has 3 fully saturated rings. The van der Waals surface area contributed by atoms with Gasteiger partial charge in [0.2, 0.25) is 0 Å². The van der Waals surface area contributed by atoms with Gasteiger partial charge in [0.25, 0.3) is 0 Å². The Morgan fingerprint density at radius 3 is 2.95 bits per heavy atom. The van der Waals surface area contributed by atoms with E-state index in [-0.39, 0.29) is 18.1 Å². The Morgan fingerprint density at radius 2 is 2.20 bits per heavy atom. The molecule has 0 aromatic carbocycles. The van der Waals surface area contributed by atoms with Gasteiger partial charge in [-0.15, -0.1) is 0 Å². The molecule has 2 atom stereocenters. The van der Waals surface area contributed by atoms with Crippen LogP contribution in [0.1, 0.15) is 44.9 Å². The summed E-state index contributed by atoms with van der Waals surface area (Å²) >= 11 is 1.90. The van der Waals surface area contributed by atoms with Gasteiger partial charge in [-0.3, -0.25) is 9.69 Å². The summed E-state index contributed by atoms with van der Waals surface area (Å²) in [6.45, 7) is 1.90. The van der Waals surface area contributed by atoms with Crippen molar-refractivity contribution in [3.8, 4) is 0 Å². The van der Waals surface area contributed by atoms with E-state index < -0.39 is 5.97 Å². The first kappa shape index (κ1) is 14.7. The molecule has 114 valence electrons. The first-order chi connectivity index (χ1) is 9.69. The lowest BCUT2D eigenvalue weighted by atomic mass is 9.87. The molecule has 2 heterocycles. The van der Waals surface area contributed by atoms with E-state index in [1.54, 1.807) is 0 Å². The molecule has 4 nitrogen and oxygen atoms in total. The Morgan fingerprint density at radius 1 is 1.40 bits per heavy atom. The minimum atomic E-state index is -0.662. The maximum absolute atomic E-state index is 11.1. The fraction of sp³-hybridized carbons (Fsp3) is 0.933. The van der Waals surface area contributed by atoms with E-state index >= 15 is 0 Å². The molecular weight excluding hydrogens is 274 g/mol. The van der Waals surface area contributed by atoms with Gasteiger partial charge in [0.05, 0.1) is 12.0 Å². The number of carboxylic acid groups (broad SMARTS) is 1. The van der Waals surface area contributed by atoms with Crippen molar-refractivity contribution in [2.75, 3.05) is 24.7 Å². The number of carboxylic acids is 1. The van der Waals surface area contributed by atoms with Crippen molar-refractivity contribution in [1.82, 2.24) is 4.90 Å². The molecule has 0 amide bonds. The molecule has 3 aliphatic rings. The molecule has 0 aromatic heterocycles. The van der Waals surface area contributed by atoms with Crippen LogP contribution in [0.2, 0.25) is 0 Å². The highest BCUT2D eigenvalue weighted by Crippen LogP contribution is 2.42. The van der Waals surface area contributed by atoms with Gasteiger partial charge in [-0.2, -0.15) is 11.8 Å². The van der Waals surface area contributed by atoms with Crippen LogP contribution in [-0.2, 0) is 9.53 Å². The average molecular weight is 299 g/mol. The van der Waals surface area contributed by atoms with E-state index in [4.69, 9.17) is 9.84 Å². The summed E-state index contributed by atoms with van der Waals surface area (Å²) in [5.41, 5.74) is 0.126. The van der Waals surface area contributed by atoms with Crippen molar-refractivity contribution in [2.45, 2.75) is 62.6 Å². The van der Waals surface area contributed by atoms with Crippen LogP contribution < -0.4 is 0 Å². The third-order valence-corrected chi connectivity index (χ3v) is 6.23. The summed E-state index contributed by atoms with van der Waals surface area (Å²) in [6.07, 6.45) is 7.47. The molecule has 2 unspecified atom stereocenters. The fourth-order valence-corrected chi connectivity index (χ4v) is 5.27. The highest BCUT2D eigenvalue weighted by atomic mass is 32.2. The Labute approximate surface area is 125 Å². The maximum atomic E-state index is 11.1. The molecule has 3 rings (SSSR count). The predicted molar refractivity (Wildman–Crippen MR) is 80.2 cm³/mol. The number of ether oxygens (including phenoxy) is 1. The quantitative estimate of drug-likeness (QED) is 0.867. The largest absolute Gasteiger partial charge is 0.481 e. The van der Waals surface area contributed by atoms with Crippen molar-refractivity contribution in [3.05, 3.63) is 0 Å². The van der Waals surface area contributed by atoms with Gasteiger partial charge in [-0.05, 0) is 25.7 Å². The van der Waals surface area contributed by atoms with Crippen LogP contribution in [0.25, 0.3) is 0 Å². The Bertz CT molecular complexity index is 357. The zero-order valence-corrected chi connectivity index (χ0v) is 12.9. The topological polar surface area (TPSA) is 49.8 Å². The Hall–Kier alpha value is -0.260. The summed E-state index contributed by atoms with van der Waals surface area (Å²) in [6, 6.07) is 0.750. The molecule has 20 heavy (non-hydrogen) atoms. The minimum Gasteiger partial charge on any atom is -0.481 e. The van der Waals surface area contributed by atoms with Gasteiger partial charge in [0, 0.05) is 36.7 Å². The number of rotatable bonds is 3. The van der Waals surface area contributed by atoms with E-state index in [0.717, 1.165) is 37.5 Å². The molecule has 0 radical (unpaired) electrons. The van der Waals surface area contributed by atoms with Crippen molar-refractivity contribution in [1.29, 1.82) is 0 Å². The van der Waals surface area contributed by atoms with E-state index in [0.29, 0.717) is 6.04 Å². The summed E-state index contributed by atoms with van der Waals surface area (Å²) < 4.78 is 6.12. The summed E-state index contributed by atoms with van der Waals surface area (Å²) in [4.78, 5) is 13.6. The summed E-state index contributed by atoms with van der Waals surface area (Å²) in [7, 11) is 0. The first-order valence-corrected chi connectivity index (χ1v) is 9.03. The van der Waals surface area contributed by atoms with E-state index in [1.807, 2.05) is 11.8 Å². The van der Waals surface area contributed by atoms with Crippen LogP contribution in [-0.4, -0.2) is 58.3 Å². The van der Waals surface area contributed by atoms with Crippen LogP contribution in [0.4, 0.5) is 0 Å². The number of carbonyl (C=O) groups is 1. The van der Waals surface area contributed by atoms with Gasteiger partial charge in [-0.1, -0.05) is 12.8 Å². The maximum Gasteiger partial charge on any atom is 0.304 e. The molecule has 1 saturated carbocycles. The van der Waals surface area contributed by atoms with Gasteiger partial charge in [0.1, 0.15) is 0 Å². The molecule has 1 aliphatic carbocycles. The number of hydrogen-bond acceptors (Lipinski definition) is 4. The second-order valence-corrected chi connectivity index (χ2v) is 7.60. The summed E-state index contributed by atoms with van der Waals surface area (Å²) in [5.74, 6) is 1.45. The number of thioether (sulfide) groups is 1. The highest BCUT2D eigenvalue weighted by Gasteiger charge is 2.43. The SMILES string of the molecule is O=C(O)CC1CSCCN1C1CCOC2(CCCC2)C1. The zero-order valence-electron chi connectivity index (χ0n) is 12.1. The molecule has 2 aliphatic heterocycles. The zero-order chi connectivity index (χ0) is 14.0. The van der Waals surface area contributed by atoms with E-state index in [2.05, 4.69) is 4.90 Å². The molecule has 5 heteroatoms. The van der Waals surface area contributed by atoms with Crippen molar-refractivity contribution >= 4 is 17.7 Å². The fourth-order valence-electron chi connectivity index (χ4n) is 4.18. The molecule has 1 spiro atoms. The average Bonchev–Trinajstić information content (AvgIpc) is 2.87. The standard InChI is InChI=1S/C15H25NO3S/c17-14(18)9-13-11-20-8-6-16(13)12-3-7-19-15(10-12)4-1-2-5-15/h12-13H,1-11H2,(H,17,18). The molecule has 0 bridgehead atoms. The van der Waals surface area contributed by atoms with Crippen molar-refractivity contribution in [2.24, 2.45) is 0 Å². The number of aliphatic carboxylic acids is 1. The number of hydrogen-bond donors (Lipinski definition) is 1. The molecule has 1 N–H and O–H groups in total. The van der Waals surface area contributed by atoms with Crippen molar-refractivity contribution < 1.29 is 14.6 Å². The van der Waals surface area contributed by atoms with Gasteiger partial charge in [0.15, 0.2) is 0 Å². The van der Waals surface area contributed by atoms with Crippen LogP contribution in [0.5, 0.6) is 0 Å². The lowest BCUT2D eigenvalue weighted by Gasteiger charge is -2.47. The normalized spacial score (nSPS) is 34.4. The van der Waals surface area contributed by atoms with Crippen LogP contribution in [0.15, 0.2) is 0 Å². The van der Waals surface area contributed by atoms with Crippen molar-refractivity contribution in [3.63, 3.8) is 0 Å². The van der Waals surface area contributed by atoms with Crippen LogP contribution >= 0.6 is 11.8 Å². The lowest BCUT2D eigenvalue weighted by molar-refractivity contribution is -0.139. The molecule has 0 aromatic rings. The second kappa shape index (κ2) is 6.24. The lowest BCUT2D eigenvalue weighted by Crippen LogP contribution is -2.54. The number of nitrogens with zero attached hydrogens (tertiary/aromatic N) is 1. The molecular formula is C15H25NO3S. The third-order valence-electron chi connectivity index (χ3n) is 5.13. The Kier molecular flexibility index (Phi) is 4.58. The van der Waals surface area contributed by atoms with Crippen LogP contribution in [0, 0.1) is 0 Å². The molecule has 2 saturated heterocycles. The predicted octanol–water partition coefficient (Wildman–Crippen LogP) is 2.37. The van der Waals surface area contributed by atoms with Crippen LogP contribution in [0.3, 0.4) is 0 Å². The third kappa shape index (κ3) is 3.15. The smallest absolute Gasteiger partial charge is 0.304 e. The van der Waals surface area contributed by atoms with E-state index in [1.165, 1.54) is 25.7 Å². The monoisotopic (exact) mass is 299 g/mol.